The van der Waals surface area contributed by atoms with Crippen molar-refractivity contribution in [1.82, 2.24) is 24.6 Å². The molecular weight excluding hydrogens is 296 g/mol. The van der Waals surface area contributed by atoms with Crippen molar-refractivity contribution >= 4 is 11.8 Å². The Balaban J connectivity index is 1.67. The second-order valence-corrected chi connectivity index (χ2v) is 5.37. The Morgan fingerprint density at radius 2 is 2.35 bits per heavy atom. The largest absolute Gasteiger partial charge is 0.366 e. The number of aromatic nitrogens is 4. The van der Waals surface area contributed by atoms with Gasteiger partial charge in [0.1, 0.15) is 18.2 Å². The van der Waals surface area contributed by atoms with E-state index in [1.54, 1.807) is 17.3 Å². The van der Waals surface area contributed by atoms with Crippen molar-refractivity contribution < 1.29 is 9.53 Å². The Morgan fingerprint density at radius 3 is 3.13 bits per heavy atom. The number of carbonyl (C=O) groups excluding carboxylic acids is 1. The zero-order chi connectivity index (χ0) is 16.2. The predicted molar refractivity (Wildman–Crippen MR) is 84.0 cm³/mol. The summed E-state index contributed by atoms with van der Waals surface area (Å²) < 4.78 is 7.68. The van der Waals surface area contributed by atoms with Gasteiger partial charge in [-0.2, -0.15) is 0 Å². The second-order valence-electron chi connectivity index (χ2n) is 5.37. The zero-order valence-corrected chi connectivity index (χ0v) is 13.3. The van der Waals surface area contributed by atoms with E-state index in [1.165, 1.54) is 0 Å². The number of nitrogens with zero attached hydrogens (tertiary/aromatic N) is 5. The lowest BCUT2D eigenvalue weighted by Gasteiger charge is -2.32. The van der Waals surface area contributed by atoms with Gasteiger partial charge in [0.25, 0.3) is 0 Å². The molecule has 0 radical (unpaired) electrons. The van der Waals surface area contributed by atoms with E-state index in [2.05, 4.69) is 20.5 Å². The van der Waals surface area contributed by atoms with Crippen LogP contribution in [0, 0.1) is 6.92 Å². The summed E-state index contributed by atoms with van der Waals surface area (Å²) in [5, 5.41) is 10.9. The smallest absolute Gasteiger partial charge is 0.323 e. The molecule has 2 amide bonds. The molecule has 3 rings (SSSR count). The van der Waals surface area contributed by atoms with E-state index in [0.29, 0.717) is 25.5 Å². The van der Waals surface area contributed by atoms with Crippen LogP contribution in [0.1, 0.15) is 24.5 Å². The molecule has 0 spiro atoms. The number of urea groups is 1. The number of aryl methyl sites for hydroxylation is 2. The van der Waals surface area contributed by atoms with Crippen LogP contribution in [0.15, 0.2) is 24.5 Å². The molecular formula is C15H20N6O2. The van der Waals surface area contributed by atoms with Gasteiger partial charge in [0, 0.05) is 18.8 Å². The lowest BCUT2D eigenvalue weighted by molar-refractivity contribution is -0.0199. The highest BCUT2D eigenvalue weighted by Gasteiger charge is 2.28. The van der Waals surface area contributed by atoms with Gasteiger partial charge >= 0.3 is 6.03 Å². The Bertz CT molecular complexity index is 686. The molecule has 1 aliphatic heterocycles. The van der Waals surface area contributed by atoms with Gasteiger partial charge in [-0.3, -0.25) is 5.32 Å². The minimum Gasteiger partial charge on any atom is -0.366 e. The molecule has 0 aliphatic carbocycles. The number of carbonyl (C=O) groups is 1. The summed E-state index contributed by atoms with van der Waals surface area (Å²) in [6.45, 7) is 6.11. The van der Waals surface area contributed by atoms with Crippen LogP contribution in [-0.2, 0) is 11.3 Å². The van der Waals surface area contributed by atoms with Crippen LogP contribution in [-0.4, -0.2) is 50.4 Å². The number of morpholine rings is 1. The molecule has 1 N–H and O–H groups in total. The standard InChI is InChI=1S/C15H20N6O2/c1-3-20-10-16-19-14(20)12-9-21(7-8-23-12)15(22)18-13-6-4-5-11(2)17-13/h4-6,10,12H,3,7-9H2,1-2H3,(H,17,18,22)/t12-/m0/s1. The molecule has 0 saturated carbocycles. The quantitative estimate of drug-likeness (QED) is 0.930. The summed E-state index contributed by atoms with van der Waals surface area (Å²) >= 11 is 0. The molecule has 23 heavy (non-hydrogen) atoms. The minimum absolute atomic E-state index is 0.182. The van der Waals surface area contributed by atoms with Crippen molar-refractivity contribution in [2.45, 2.75) is 26.5 Å². The third-order valence-corrected chi connectivity index (χ3v) is 3.75. The summed E-state index contributed by atoms with van der Waals surface area (Å²) in [7, 11) is 0. The van der Waals surface area contributed by atoms with Crippen molar-refractivity contribution in [3.05, 3.63) is 36.0 Å². The maximum Gasteiger partial charge on any atom is 0.323 e. The first-order valence-corrected chi connectivity index (χ1v) is 7.66. The summed E-state index contributed by atoms with van der Waals surface area (Å²) in [6.07, 6.45) is 1.41. The van der Waals surface area contributed by atoms with Crippen LogP contribution < -0.4 is 5.32 Å². The molecule has 8 nitrogen and oxygen atoms in total. The Labute approximate surface area is 134 Å². The third kappa shape index (κ3) is 3.48. The number of rotatable bonds is 3. The van der Waals surface area contributed by atoms with E-state index in [4.69, 9.17) is 4.74 Å². The van der Waals surface area contributed by atoms with Crippen LogP contribution in [0.3, 0.4) is 0 Å². The highest BCUT2D eigenvalue weighted by molar-refractivity contribution is 5.88. The monoisotopic (exact) mass is 316 g/mol. The number of nitrogens with one attached hydrogen (secondary N) is 1. The lowest BCUT2D eigenvalue weighted by atomic mass is 10.2. The number of hydrogen-bond donors (Lipinski definition) is 1. The van der Waals surface area contributed by atoms with E-state index in [1.807, 2.05) is 30.5 Å². The summed E-state index contributed by atoms with van der Waals surface area (Å²) in [4.78, 5) is 18.4. The van der Waals surface area contributed by atoms with Crippen LogP contribution in [0.5, 0.6) is 0 Å². The summed E-state index contributed by atoms with van der Waals surface area (Å²) in [5.74, 6) is 1.30. The molecule has 3 heterocycles. The first-order valence-electron chi connectivity index (χ1n) is 7.66. The van der Waals surface area contributed by atoms with Crippen molar-refractivity contribution in [2.75, 3.05) is 25.0 Å². The van der Waals surface area contributed by atoms with Crippen molar-refractivity contribution in [1.29, 1.82) is 0 Å². The van der Waals surface area contributed by atoms with Crippen molar-refractivity contribution in [3.8, 4) is 0 Å². The molecule has 2 aromatic rings. The van der Waals surface area contributed by atoms with Crippen LogP contribution >= 0.6 is 0 Å². The molecule has 122 valence electrons. The maximum absolute atomic E-state index is 12.4. The average Bonchev–Trinajstić information content (AvgIpc) is 3.03. The fourth-order valence-electron chi connectivity index (χ4n) is 2.55. The molecule has 2 aromatic heterocycles. The average molecular weight is 316 g/mol. The molecule has 1 saturated heterocycles. The molecule has 1 aliphatic rings. The molecule has 0 unspecified atom stereocenters. The number of pyridine rings is 1. The van der Waals surface area contributed by atoms with Gasteiger partial charge in [-0.15, -0.1) is 10.2 Å². The molecule has 0 bridgehead atoms. The molecule has 8 heteroatoms. The Kier molecular flexibility index (Phi) is 4.52. The lowest BCUT2D eigenvalue weighted by Crippen LogP contribution is -2.45. The Hall–Kier alpha value is -2.48. The third-order valence-electron chi connectivity index (χ3n) is 3.75. The van der Waals surface area contributed by atoms with E-state index in [9.17, 15) is 4.79 Å². The Morgan fingerprint density at radius 1 is 1.48 bits per heavy atom. The second kappa shape index (κ2) is 6.74. The first kappa shape index (κ1) is 15.4. The van der Waals surface area contributed by atoms with Gasteiger partial charge in [-0.05, 0) is 26.0 Å². The van der Waals surface area contributed by atoms with Crippen molar-refractivity contribution in [2.24, 2.45) is 0 Å². The fraction of sp³-hybridized carbons (Fsp3) is 0.467. The fourth-order valence-corrected chi connectivity index (χ4v) is 2.55. The highest BCUT2D eigenvalue weighted by Crippen LogP contribution is 2.21. The predicted octanol–water partition coefficient (Wildman–Crippen LogP) is 1.61. The van der Waals surface area contributed by atoms with Gasteiger partial charge in [-0.25, -0.2) is 9.78 Å². The van der Waals surface area contributed by atoms with E-state index >= 15 is 0 Å². The van der Waals surface area contributed by atoms with Gasteiger partial charge in [0.15, 0.2) is 5.82 Å². The number of amides is 2. The highest BCUT2D eigenvalue weighted by atomic mass is 16.5. The number of anilines is 1. The van der Waals surface area contributed by atoms with E-state index < -0.39 is 0 Å². The zero-order valence-electron chi connectivity index (χ0n) is 13.3. The van der Waals surface area contributed by atoms with Crippen LogP contribution in [0.25, 0.3) is 0 Å². The molecule has 1 fully saturated rings. The van der Waals surface area contributed by atoms with E-state index in [-0.39, 0.29) is 12.1 Å². The van der Waals surface area contributed by atoms with Gasteiger partial charge < -0.3 is 14.2 Å². The topological polar surface area (TPSA) is 85.2 Å². The van der Waals surface area contributed by atoms with Crippen molar-refractivity contribution in [3.63, 3.8) is 0 Å². The van der Waals surface area contributed by atoms with Gasteiger partial charge in [0.2, 0.25) is 0 Å². The van der Waals surface area contributed by atoms with Gasteiger partial charge in [-0.1, -0.05) is 6.07 Å². The minimum atomic E-state index is -0.262. The number of ether oxygens (including phenoxy) is 1. The molecule has 0 aromatic carbocycles. The summed E-state index contributed by atoms with van der Waals surface area (Å²) in [5.41, 5.74) is 0.860. The SMILES string of the molecule is CCn1cnnc1[C@@H]1CN(C(=O)Nc2cccc(C)n2)CCO1. The maximum atomic E-state index is 12.4. The number of hydrogen-bond acceptors (Lipinski definition) is 5. The molecule has 1 atom stereocenters. The van der Waals surface area contributed by atoms with Crippen LogP contribution in [0.2, 0.25) is 0 Å². The first-order chi connectivity index (χ1) is 11.2. The normalized spacial score (nSPS) is 18.0. The van der Waals surface area contributed by atoms with Crippen LogP contribution in [0.4, 0.5) is 10.6 Å². The van der Waals surface area contributed by atoms with Gasteiger partial charge in [0.05, 0.1) is 13.2 Å². The van der Waals surface area contributed by atoms with E-state index in [0.717, 1.165) is 18.1 Å². The summed E-state index contributed by atoms with van der Waals surface area (Å²) in [6, 6.07) is 5.34.